The van der Waals surface area contributed by atoms with Crippen LogP contribution >= 0.6 is 39.0 Å². The summed E-state index contributed by atoms with van der Waals surface area (Å²) in [4.78, 5) is 23.0. The molecule has 23 heavy (non-hydrogen) atoms. The number of amides is 1. The van der Waals surface area contributed by atoms with Gasteiger partial charge in [0.1, 0.15) is 16.2 Å². The second-order valence-electron chi connectivity index (χ2n) is 4.99. The van der Waals surface area contributed by atoms with E-state index in [0.29, 0.717) is 5.75 Å². The van der Waals surface area contributed by atoms with E-state index in [1.165, 1.54) is 22.2 Å². The van der Waals surface area contributed by atoms with Crippen LogP contribution < -0.4 is 5.32 Å². The van der Waals surface area contributed by atoms with Crippen molar-refractivity contribution in [3.63, 3.8) is 0 Å². The Morgan fingerprint density at radius 3 is 2.74 bits per heavy atom. The third-order valence-electron chi connectivity index (χ3n) is 3.40. The molecule has 0 atom stereocenters. The van der Waals surface area contributed by atoms with Crippen LogP contribution in [0.2, 0.25) is 0 Å². The molecule has 0 saturated heterocycles. The van der Waals surface area contributed by atoms with Crippen LogP contribution in [0.3, 0.4) is 0 Å². The number of carbonyl (C=O) groups is 1. The number of anilines is 1. The number of nitrogens with one attached hydrogen (secondary N) is 1. The molecule has 2 aromatic heterocycles. The summed E-state index contributed by atoms with van der Waals surface area (Å²) in [5.41, 5.74) is 1.98. The maximum absolute atomic E-state index is 12.1. The Kier molecular flexibility index (Phi) is 4.99. The predicted molar refractivity (Wildman–Crippen MR) is 100 cm³/mol. The highest BCUT2D eigenvalue weighted by atomic mass is 79.9. The summed E-state index contributed by atoms with van der Waals surface area (Å²) in [5.74, 6) is 0.268. The highest BCUT2D eigenvalue weighted by molar-refractivity contribution is 9.10. The van der Waals surface area contributed by atoms with Gasteiger partial charge in [-0.05, 0) is 43.7 Å². The fourth-order valence-corrected chi connectivity index (χ4v) is 4.31. The summed E-state index contributed by atoms with van der Waals surface area (Å²) in [5, 5.41) is 4.82. The topological polar surface area (TPSA) is 54.9 Å². The maximum atomic E-state index is 12.1. The molecule has 3 rings (SSSR count). The number of hydrogen-bond donors (Lipinski definition) is 1. The summed E-state index contributed by atoms with van der Waals surface area (Å²) >= 11 is 6.48. The number of thioether (sulfide) groups is 1. The van der Waals surface area contributed by atoms with E-state index in [9.17, 15) is 4.79 Å². The molecule has 1 N–H and O–H groups in total. The smallest absolute Gasteiger partial charge is 0.234 e. The van der Waals surface area contributed by atoms with Crippen LogP contribution in [0, 0.1) is 13.8 Å². The lowest BCUT2D eigenvalue weighted by molar-refractivity contribution is -0.113. The molecule has 0 spiro atoms. The molecule has 4 nitrogen and oxygen atoms in total. The van der Waals surface area contributed by atoms with Crippen LogP contribution in [0.4, 0.5) is 5.69 Å². The number of halogens is 1. The SMILES string of the molecule is Cc1sc2ncnc(SCC(=O)Nc3ccc(Br)cc3)c2c1C. The number of aryl methyl sites for hydroxylation is 2. The van der Waals surface area contributed by atoms with Crippen LogP contribution in [0.15, 0.2) is 40.1 Å². The number of aromatic nitrogens is 2. The largest absolute Gasteiger partial charge is 0.325 e. The summed E-state index contributed by atoms with van der Waals surface area (Å²) in [6.07, 6.45) is 1.56. The van der Waals surface area contributed by atoms with Gasteiger partial charge in [0, 0.05) is 20.4 Å². The number of carbonyl (C=O) groups excluding carboxylic acids is 1. The van der Waals surface area contributed by atoms with Crippen molar-refractivity contribution in [2.24, 2.45) is 0 Å². The van der Waals surface area contributed by atoms with Gasteiger partial charge in [-0.2, -0.15) is 0 Å². The number of nitrogens with zero attached hydrogens (tertiary/aromatic N) is 2. The van der Waals surface area contributed by atoms with Crippen molar-refractivity contribution in [3.05, 3.63) is 45.5 Å². The van der Waals surface area contributed by atoms with Gasteiger partial charge in [-0.1, -0.05) is 27.7 Å². The van der Waals surface area contributed by atoms with E-state index in [-0.39, 0.29) is 5.91 Å². The Hall–Kier alpha value is -1.44. The van der Waals surface area contributed by atoms with Crippen molar-refractivity contribution < 1.29 is 4.79 Å². The molecule has 0 fully saturated rings. The second-order valence-corrected chi connectivity index (χ2v) is 8.07. The third-order valence-corrected chi connectivity index (χ3v) is 6.03. The molecule has 118 valence electrons. The molecule has 1 aromatic carbocycles. The number of rotatable bonds is 4. The first kappa shape index (κ1) is 16.4. The molecular formula is C16H14BrN3OS2. The maximum Gasteiger partial charge on any atom is 0.234 e. The summed E-state index contributed by atoms with van der Waals surface area (Å²) in [6, 6.07) is 7.52. The molecule has 0 aliphatic carbocycles. The number of benzene rings is 1. The van der Waals surface area contributed by atoms with Gasteiger partial charge in [0.2, 0.25) is 5.91 Å². The molecule has 0 saturated carbocycles. The molecule has 0 aliphatic heterocycles. The molecule has 0 unspecified atom stereocenters. The van der Waals surface area contributed by atoms with Crippen LogP contribution in [0.1, 0.15) is 10.4 Å². The van der Waals surface area contributed by atoms with E-state index < -0.39 is 0 Å². The van der Waals surface area contributed by atoms with Gasteiger partial charge < -0.3 is 5.32 Å². The highest BCUT2D eigenvalue weighted by Gasteiger charge is 2.13. The monoisotopic (exact) mass is 407 g/mol. The van der Waals surface area contributed by atoms with Gasteiger partial charge >= 0.3 is 0 Å². The normalized spacial score (nSPS) is 10.9. The van der Waals surface area contributed by atoms with Crippen LogP contribution in [-0.4, -0.2) is 21.6 Å². The number of fused-ring (bicyclic) bond motifs is 1. The summed E-state index contributed by atoms with van der Waals surface area (Å²) in [7, 11) is 0. The Morgan fingerprint density at radius 1 is 1.26 bits per heavy atom. The van der Waals surface area contributed by atoms with Gasteiger partial charge in [-0.25, -0.2) is 9.97 Å². The average Bonchev–Trinajstić information content (AvgIpc) is 2.83. The molecule has 2 heterocycles. The van der Waals surface area contributed by atoms with E-state index in [4.69, 9.17) is 0 Å². The van der Waals surface area contributed by atoms with E-state index >= 15 is 0 Å². The fourth-order valence-electron chi connectivity index (χ4n) is 2.12. The molecule has 0 radical (unpaired) electrons. The zero-order valence-corrected chi connectivity index (χ0v) is 15.8. The Balaban J connectivity index is 1.71. The predicted octanol–water partition coefficient (Wildman–Crippen LogP) is 4.80. The van der Waals surface area contributed by atoms with Crippen molar-refractivity contribution in [2.45, 2.75) is 18.9 Å². The minimum absolute atomic E-state index is 0.0475. The van der Waals surface area contributed by atoms with Crippen LogP contribution in [-0.2, 0) is 4.79 Å². The van der Waals surface area contributed by atoms with Crippen molar-refractivity contribution >= 4 is 60.8 Å². The first-order valence-corrected chi connectivity index (χ1v) is 9.53. The minimum atomic E-state index is -0.0475. The van der Waals surface area contributed by atoms with Crippen molar-refractivity contribution in [1.82, 2.24) is 9.97 Å². The van der Waals surface area contributed by atoms with E-state index in [2.05, 4.69) is 45.1 Å². The lowest BCUT2D eigenvalue weighted by atomic mass is 10.2. The van der Waals surface area contributed by atoms with Gasteiger partial charge in [0.25, 0.3) is 0 Å². The van der Waals surface area contributed by atoms with Crippen LogP contribution in [0.25, 0.3) is 10.2 Å². The lowest BCUT2D eigenvalue weighted by Gasteiger charge is -2.06. The van der Waals surface area contributed by atoms with Gasteiger partial charge in [-0.3, -0.25) is 4.79 Å². The Morgan fingerprint density at radius 2 is 2.00 bits per heavy atom. The van der Waals surface area contributed by atoms with E-state index in [0.717, 1.165) is 25.4 Å². The summed E-state index contributed by atoms with van der Waals surface area (Å²) in [6.45, 7) is 4.15. The molecule has 0 aliphatic rings. The zero-order valence-electron chi connectivity index (χ0n) is 12.6. The second kappa shape index (κ2) is 6.98. The standard InChI is InChI=1S/C16H14BrN3OS2/c1-9-10(2)23-16-14(9)15(18-8-19-16)22-7-13(21)20-12-5-3-11(17)4-6-12/h3-6,8H,7H2,1-2H3,(H,20,21). The lowest BCUT2D eigenvalue weighted by Crippen LogP contribution is -2.14. The summed E-state index contributed by atoms with van der Waals surface area (Å²) < 4.78 is 0.983. The fraction of sp³-hybridized carbons (Fsp3) is 0.188. The van der Waals surface area contributed by atoms with Crippen molar-refractivity contribution in [2.75, 3.05) is 11.1 Å². The van der Waals surface area contributed by atoms with Crippen molar-refractivity contribution in [3.8, 4) is 0 Å². The molecule has 1 amide bonds. The Bertz CT molecular complexity index is 862. The minimum Gasteiger partial charge on any atom is -0.325 e. The zero-order chi connectivity index (χ0) is 16.4. The van der Waals surface area contributed by atoms with Crippen LogP contribution in [0.5, 0.6) is 0 Å². The quantitative estimate of drug-likeness (QED) is 0.498. The molecule has 0 bridgehead atoms. The first-order chi connectivity index (χ1) is 11.0. The van der Waals surface area contributed by atoms with Gasteiger partial charge in [0.05, 0.1) is 5.75 Å². The number of hydrogen-bond acceptors (Lipinski definition) is 5. The highest BCUT2D eigenvalue weighted by Crippen LogP contribution is 2.34. The molecular weight excluding hydrogens is 394 g/mol. The van der Waals surface area contributed by atoms with E-state index in [1.807, 2.05) is 24.3 Å². The van der Waals surface area contributed by atoms with Crippen molar-refractivity contribution in [1.29, 1.82) is 0 Å². The van der Waals surface area contributed by atoms with Gasteiger partial charge in [-0.15, -0.1) is 11.3 Å². The molecule has 3 aromatic rings. The third kappa shape index (κ3) is 3.73. The number of thiophene rings is 1. The Labute approximate surface area is 150 Å². The average molecular weight is 408 g/mol. The van der Waals surface area contributed by atoms with E-state index in [1.54, 1.807) is 17.7 Å². The van der Waals surface area contributed by atoms with Gasteiger partial charge in [0.15, 0.2) is 0 Å². The molecule has 7 heteroatoms. The first-order valence-electron chi connectivity index (χ1n) is 6.93.